The Morgan fingerprint density at radius 2 is 2.43 bits per heavy atom. The van der Waals surface area contributed by atoms with E-state index >= 15 is 0 Å². The minimum Gasteiger partial charge on any atom is -0.468 e. The second-order valence-electron chi connectivity index (χ2n) is 3.66. The summed E-state index contributed by atoms with van der Waals surface area (Å²) in [5, 5.41) is 3.34. The minimum atomic E-state index is -0.409. The molecular formula is C10H19NO2S. The molecule has 1 rings (SSSR count). The molecule has 1 aliphatic heterocycles. The number of nitrogens with one attached hydrogen (secondary N) is 1. The van der Waals surface area contributed by atoms with Crippen LogP contribution in [0.1, 0.15) is 26.2 Å². The van der Waals surface area contributed by atoms with Gasteiger partial charge in [0, 0.05) is 5.75 Å². The summed E-state index contributed by atoms with van der Waals surface area (Å²) in [6, 6.07) is 0. The van der Waals surface area contributed by atoms with E-state index in [4.69, 9.17) is 4.74 Å². The van der Waals surface area contributed by atoms with E-state index in [0.29, 0.717) is 0 Å². The molecule has 0 saturated carbocycles. The van der Waals surface area contributed by atoms with Crippen LogP contribution in [0.3, 0.4) is 0 Å². The molecule has 1 unspecified atom stereocenters. The second kappa shape index (κ2) is 5.61. The van der Waals surface area contributed by atoms with Crippen molar-refractivity contribution in [2.24, 2.45) is 0 Å². The van der Waals surface area contributed by atoms with Crippen molar-refractivity contribution in [1.82, 2.24) is 5.32 Å². The zero-order valence-corrected chi connectivity index (χ0v) is 9.78. The maximum Gasteiger partial charge on any atom is 0.326 e. The molecule has 82 valence electrons. The van der Waals surface area contributed by atoms with Gasteiger partial charge in [-0.25, -0.2) is 0 Å². The van der Waals surface area contributed by atoms with E-state index in [-0.39, 0.29) is 5.97 Å². The van der Waals surface area contributed by atoms with E-state index in [1.165, 1.54) is 7.11 Å². The molecule has 0 bridgehead atoms. The maximum atomic E-state index is 11.7. The Morgan fingerprint density at radius 1 is 1.64 bits per heavy atom. The lowest BCUT2D eigenvalue weighted by Crippen LogP contribution is -2.56. The standard InChI is InChI=1S/C10H19NO2S/c1-3-6-11-10(9(12)13-2)5-4-7-14-8-10/h11H,3-8H2,1-2H3. The number of carbonyl (C=O) groups is 1. The van der Waals surface area contributed by atoms with E-state index in [1.54, 1.807) is 0 Å². The monoisotopic (exact) mass is 217 g/mol. The van der Waals surface area contributed by atoms with Gasteiger partial charge in [-0.1, -0.05) is 6.92 Å². The van der Waals surface area contributed by atoms with Gasteiger partial charge in [0.15, 0.2) is 0 Å². The highest BCUT2D eigenvalue weighted by molar-refractivity contribution is 7.99. The molecule has 4 heteroatoms. The van der Waals surface area contributed by atoms with Crippen LogP contribution < -0.4 is 5.32 Å². The Labute approximate surface area is 90.0 Å². The molecule has 1 saturated heterocycles. The van der Waals surface area contributed by atoms with Gasteiger partial charge in [0.2, 0.25) is 0 Å². The third-order valence-electron chi connectivity index (χ3n) is 2.53. The van der Waals surface area contributed by atoms with E-state index < -0.39 is 5.54 Å². The van der Waals surface area contributed by atoms with Crippen molar-refractivity contribution >= 4 is 17.7 Å². The molecule has 3 nitrogen and oxygen atoms in total. The number of methoxy groups -OCH3 is 1. The molecule has 1 heterocycles. The van der Waals surface area contributed by atoms with Crippen LogP contribution in [-0.4, -0.2) is 36.7 Å². The van der Waals surface area contributed by atoms with E-state index in [9.17, 15) is 4.79 Å². The summed E-state index contributed by atoms with van der Waals surface area (Å²) in [4.78, 5) is 11.7. The molecule has 0 aromatic heterocycles. The normalized spacial score (nSPS) is 27.3. The predicted molar refractivity (Wildman–Crippen MR) is 59.6 cm³/mol. The van der Waals surface area contributed by atoms with Crippen molar-refractivity contribution in [2.75, 3.05) is 25.2 Å². The minimum absolute atomic E-state index is 0.0989. The van der Waals surface area contributed by atoms with Crippen LogP contribution in [0.25, 0.3) is 0 Å². The van der Waals surface area contributed by atoms with Crippen LogP contribution >= 0.6 is 11.8 Å². The molecule has 0 radical (unpaired) electrons. The highest BCUT2D eigenvalue weighted by Gasteiger charge is 2.40. The van der Waals surface area contributed by atoms with Crippen LogP contribution in [0.5, 0.6) is 0 Å². The van der Waals surface area contributed by atoms with Crippen LogP contribution in [0.4, 0.5) is 0 Å². The molecule has 0 spiro atoms. The van der Waals surface area contributed by atoms with Crippen molar-refractivity contribution in [3.63, 3.8) is 0 Å². The maximum absolute atomic E-state index is 11.7. The topological polar surface area (TPSA) is 38.3 Å². The van der Waals surface area contributed by atoms with Gasteiger partial charge >= 0.3 is 5.97 Å². The van der Waals surface area contributed by atoms with Gasteiger partial charge in [-0.2, -0.15) is 11.8 Å². The van der Waals surface area contributed by atoms with Gasteiger partial charge in [-0.3, -0.25) is 4.79 Å². The molecule has 1 fully saturated rings. The van der Waals surface area contributed by atoms with Crippen LogP contribution in [0.2, 0.25) is 0 Å². The molecule has 0 amide bonds. The number of hydrogen-bond acceptors (Lipinski definition) is 4. The summed E-state index contributed by atoms with van der Waals surface area (Å²) in [5.41, 5.74) is -0.409. The lowest BCUT2D eigenvalue weighted by molar-refractivity contribution is -0.148. The van der Waals surface area contributed by atoms with Gasteiger partial charge in [-0.05, 0) is 31.6 Å². The zero-order valence-electron chi connectivity index (χ0n) is 8.97. The summed E-state index contributed by atoms with van der Waals surface area (Å²) in [6.07, 6.45) is 3.05. The molecule has 1 atom stereocenters. The molecule has 1 aliphatic rings. The molecule has 1 N–H and O–H groups in total. The Bertz CT molecular complexity index is 191. The molecule has 0 aromatic rings. The van der Waals surface area contributed by atoms with Crippen LogP contribution in [-0.2, 0) is 9.53 Å². The lowest BCUT2D eigenvalue weighted by atomic mass is 9.95. The Morgan fingerprint density at radius 3 is 2.93 bits per heavy atom. The van der Waals surface area contributed by atoms with E-state index in [0.717, 1.165) is 37.3 Å². The molecular weight excluding hydrogens is 198 g/mol. The fourth-order valence-corrected chi connectivity index (χ4v) is 2.93. The van der Waals surface area contributed by atoms with Crippen molar-refractivity contribution in [1.29, 1.82) is 0 Å². The number of esters is 1. The summed E-state index contributed by atoms with van der Waals surface area (Å²) in [5.74, 6) is 1.91. The number of ether oxygens (including phenoxy) is 1. The van der Waals surface area contributed by atoms with Crippen molar-refractivity contribution < 1.29 is 9.53 Å². The van der Waals surface area contributed by atoms with Gasteiger partial charge < -0.3 is 10.1 Å². The Kier molecular flexibility index (Phi) is 4.75. The summed E-state index contributed by atoms with van der Waals surface area (Å²) in [6.45, 7) is 2.99. The first-order valence-electron chi connectivity index (χ1n) is 5.16. The second-order valence-corrected chi connectivity index (χ2v) is 4.76. The largest absolute Gasteiger partial charge is 0.468 e. The third-order valence-corrected chi connectivity index (χ3v) is 3.80. The molecule has 0 aliphatic carbocycles. The number of thioether (sulfide) groups is 1. The first kappa shape index (κ1) is 11.9. The number of hydrogen-bond donors (Lipinski definition) is 1. The van der Waals surface area contributed by atoms with Crippen molar-refractivity contribution in [2.45, 2.75) is 31.7 Å². The van der Waals surface area contributed by atoms with Crippen LogP contribution in [0.15, 0.2) is 0 Å². The quantitative estimate of drug-likeness (QED) is 0.723. The number of carbonyl (C=O) groups excluding carboxylic acids is 1. The van der Waals surface area contributed by atoms with Gasteiger partial charge in [-0.15, -0.1) is 0 Å². The van der Waals surface area contributed by atoms with Gasteiger partial charge in [0.05, 0.1) is 7.11 Å². The smallest absolute Gasteiger partial charge is 0.326 e. The molecule has 0 aromatic carbocycles. The average molecular weight is 217 g/mol. The predicted octanol–water partition coefficient (Wildman–Crippen LogP) is 1.42. The summed E-state index contributed by atoms with van der Waals surface area (Å²) >= 11 is 1.83. The lowest BCUT2D eigenvalue weighted by Gasteiger charge is -2.34. The summed E-state index contributed by atoms with van der Waals surface area (Å²) < 4.78 is 4.88. The first-order valence-corrected chi connectivity index (χ1v) is 6.32. The third kappa shape index (κ3) is 2.64. The zero-order chi connectivity index (χ0) is 10.4. The van der Waals surface area contributed by atoms with Crippen molar-refractivity contribution in [3.8, 4) is 0 Å². The Hall–Kier alpha value is -0.220. The SMILES string of the molecule is CCCNC1(C(=O)OC)CCCSC1. The van der Waals surface area contributed by atoms with Gasteiger partial charge in [0.1, 0.15) is 5.54 Å². The van der Waals surface area contributed by atoms with E-state index in [2.05, 4.69) is 12.2 Å². The van der Waals surface area contributed by atoms with Crippen molar-refractivity contribution in [3.05, 3.63) is 0 Å². The Balaban J connectivity index is 2.61. The summed E-state index contributed by atoms with van der Waals surface area (Å²) in [7, 11) is 1.47. The highest BCUT2D eigenvalue weighted by atomic mass is 32.2. The highest BCUT2D eigenvalue weighted by Crippen LogP contribution is 2.27. The average Bonchev–Trinajstić information content (AvgIpc) is 2.26. The number of rotatable bonds is 4. The fraction of sp³-hybridized carbons (Fsp3) is 0.900. The van der Waals surface area contributed by atoms with E-state index in [1.807, 2.05) is 11.8 Å². The molecule has 14 heavy (non-hydrogen) atoms. The fourth-order valence-electron chi connectivity index (χ4n) is 1.73. The first-order chi connectivity index (χ1) is 6.75. The van der Waals surface area contributed by atoms with Gasteiger partial charge in [0.25, 0.3) is 0 Å². The van der Waals surface area contributed by atoms with Crippen LogP contribution in [0, 0.1) is 0 Å².